The first-order chi connectivity index (χ1) is 11.1. The summed E-state index contributed by atoms with van der Waals surface area (Å²) in [6, 6.07) is 3.50. The SMILES string of the molecule is COC(=O)c1cc(C#CCCN2CCOC2=O)cc(C)c1OC. The minimum atomic E-state index is -0.464. The van der Waals surface area contributed by atoms with Gasteiger partial charge >= 0.3 is 12.1 Å². The Morgan fingerprint density at radius 2 is 2.17 bits per heavy atom. The van der Waals surface area contributed by atoms with E-state index >= 15 is 0 Å². The van der Waals surface area contributed by atoms with Crippen LogP contribution < -0.4 is 4.74 Å². The first-order valence-corrected chi connectivity index (χ1v) is 7.24. The van der Waals surface area contributed by atoms with Gasteiger partial charge in [0.05, 0.1) is 20.8 Å². The number of hydrogen-bond acceptors (Lipinski definition) is 5. The highest BCUT2D eigenvalue weighted by molar-refractivity contribution is 5.93. The molecule has 1 fully saturated rings. The van der Waals surface area contributed by atoms with Crippen LogP contribution in [-0.4, -0.2) is 50.9 Å². The van der Waals surface area contributed by atoms with E-state index in [1.807, 2.05) is 13.0 Å². The van der Waals surface area contributed by atoms with Gasteiger partial charge in [-0.3, -0.25) is 0 Å². The number of aryl methyl sites for hydroxylation is 1. The fraction of sp³-hybridized carbons (Fsp3) is 0.412. The molecule has 23 heavy (non-hydrogen) atoms. The lowest BCUT2D eigenvalue weighted by Gasteiger charge is -2.10. The second-order valence-electron chi connectivity index (χ2n) is 5.02. The fourth-order valence-electron chi connectivity index (χ4n) is 2.36. The van der Waals surface area contributed by atoms with Crippen LogP contribution in [0.5, 0.6) is 5.75 Å². The Labute approximate surface area is 135 Å². The predicted octanol–water partition coefficient (Wildman–Crippen LogP) is 1.98. The number of esters is 1. The maximum atomic E-state index is 11.8. The van der Waals surface area contributed by atoms with Crippen LogP contribution >= 0.6 is 0 Å². The van der Waals surface area contributed by atoms with Gasteiger partial charge in [0.25, 0.3) is 0 Å². The van der Waals surface area contributed by atoms with Crippen molar-refractivity contribution in [1.29, 1.82) is 0 Å². The van der Waals surface area contributed by atoms with Crippen LogP contribution in [0, 0.1) is 18.8 Å². The van der Waals surface area contributed by atoms with Crippen LogP contribution in [0.3, 0.4) is 0 Å². The van der Waals surface area contributed by atoms with Crippen LogP contribution in [-0.2, 0) is 9.47 Å². The van der Waals surface area contributed by atoms with Gasteiger partial charge in [-0.05, 0) is 24.6 Å². The molecule has 0 unspecified atom stereocenters. The summed E-state index contributed by atoms with van der Waals surface area (Å²) < 4.78 is 14.9. The van der Waals surface area contributed by atoms with Crippen molar-refractivity contribution in [3.63, 3.8) is 0 Å². The third kappa shape index (κ3) is 3.95. The molecule has 0 spiro atoms. The van der Waals surface area contributed by atoms with Crippen molar-refractivity contribution in [2.75, 3.05) is 33.9 Å². The quantitative estimate of drug-likeness (QED) is 0.627. The van der Waals surface area contributed by atoms with Crippen LogP contribution in [0.25, 0.3) is 0 Å². The predicted molar refractivity (Wildman–Crippen MR) is 83.5 cm³/mol. The molecule has 0 radical (unpaired) electrons. The van der Waals surface area contributed by atoms with E-state index in [0.29, 0.717) is 43.0 Å². The van der Waals surface area contributed by atoms with Crippen molar-refractivity contribution in [3.8, 4) is 17.6 Å². The number of benzene rings is 1. The summed E-state index contributed by atoms with van der Waals surface area (Å²) in [5.74, 6) is 6.03. The molecule has 1 heterocycles. The molecule has 0 aliphatic carbocycles. The number of carbonyl (C=O) groups is 2. The van der Waals surface area contributed by atoms with Crippen molar-refractivity contribution in [2.24, 2.45) is 0 Å². The van der Waals surface area contributed by atoms with Gasteiger partial charge < -0.3 is 19.1 Å². The maximum Gasteiger partial charge on any atom is 0.409 e. The zero-order valence-electron chi connectivity index (χ0n) is 13.5. The standard InChI is InChI=1S/C17H19NO5/c1-12-10-13(11-14(15(12)21-2)16(19)22-3)6-4-5-7-18-8-9-23-17(18)20/h10-11H,5,7-9H2,1-3H3. The van der Waals surface area contributed by atoms with Crippen molar-refractivity contribution in [3.05, 3.63) is 28.8 Å². The van der Waals surface area contributed by atoms with Gasteiger partial charge in [0.1, 0.15) is 17.9 Å². The van der Waals surface area contributed by atoms with Crippen molar-refractivity contribution < 1.29 is 23.8 Å². The second-order valence-corrected chi connectivity index (χ2v) is 5.02. The number of carbonyl (C=O) groups excluding carboxylic acids is 2. The molecule has 6 heteroatoms. The van der Waals surface area contributed by atoms with Gasteiger partial charge in [-0.15, -0.1) is 0 Å². The molecule has 6 nitrogen and oxygen atoms in total. The highest BCUT2D eigenvalue weighted by Crippen LogP contribution is 2.25. The van der Waals surface area contributed by atoms with Crippen molar-refractivity contribution in [2.45, 2.75) is 13.3 Å². The van der Waals surface area contributed by atoms with Gasteiger partial charge in [0.15, 0.2) is 0 Å². The third-order valence-corrected chi connectivity index (χ3v) is 3.47. The number of methoxy groups -OCH3 is 2. The summed E-state index contributed by atoms with van der Waals surface area (Å²) in [5.41, 5.74) is 1.86. The van der Waals surface area contributed by atoms with E-state index in [1.165, 1.54) is 14.2 Å². The number of amides is 1. The van der Waals surface area contributed by atoms with Crippen LogP contribution in [0.4, 0.5) is 4.79 Å². The molecule has 122 valence electrons. The minimum Gasteiger partial charge on any atom is -0.496 e. The molecule has 2 rings (SSSR count). The Balaban J connectivity index is 2.11. The summed E-state index contributed by atoms with van der Waals surface area (Å²) >= 11 is 0. The third-order valence-electron chi connectivity index (χ3n) is 3.47. The number of rotatable bonds is 4. The van der Waals surface area contributed by atoms with Gasteiger partial charge in [-0.25, -0.2) is 9.59 Å². The summed E-state index contributed by atoms with van der Waals surface area (Å²) in [6.45, 7) is 3.42. The summed E-state index contributed by atoms with van der Waals surface area (Å²) in [6.07, 6.45) is 0.244. The van der Waals surface area contributed by atoms with Crippen molar-refractivity contribution in [1.82, 2.24) is 4.90 Å². The van der Waals surface area contributed by atoms with Crippen LogP contribution in [0.15, 0.2) is 12.1 Å². The first kappa shape index (κ1) is 16.7. The molecular weight excluding hydrogens is 298 g/mol. The lowest BCUT2D eigenvalue weighted by molar-refractivity contribution is 0.0597. The number of hydrogen-bond donors (Lipinski definition) is 0. The van der Waals surface area contributed by atoms with E-state index in [4.69, 9.17) is 14.2 Å². The normalized spacial score (nSPS) is 13.2. The van der Waals surface area contributed by atoms with E-state index in [9.17, 15) is 9.59 Å². The molecule has 1 aromatic rings. The van der Waals surface area contributed by atoms with Crippen LogP contribution in [0.1, 0.15) is 27.9 Å². The minimum absolute atomic E-state index is 0.292. The van der Waals surface area contributed by atoms with Gasteiger partial charge in [0.2, 0.25) is 0 Å². The van der Waals surface area contributed by atoms with E-state index < -0.39 is 5.97 Å². The molecule has 0 N–H and O–H groups in total. The Bertz CT molecular complexity index is 672. The van der Waals surface area contributed by atoms with E-state index in [1.54, 1.807) is 11.0 Å². The van der Waals surface area contributed by atoms with E-state index in [0.717, 1.165) is 5.56 Å². The topological polar surface area (TPSA) is 65.1 Å². The van der Waals surface area contributed by atoms with Crippen molar-refractivity contribution >= 4 is 12.1 Å². The lowest BCUT2D eigenvalue weighted by atomic mass is 10.0. The average Bonchev–Trinajstić information content (AvgIpc) is 2.95. The number of nitrogens with zero attached hydrogens (tertiary/aromatic N) is 1. The average molecular weight is 317 g/mol. The summed E-state index contributed by atoms with van der Waals surface area (Å²) in [4.78, 5) is 24.7. The molecule has 1 saturated heterocycles. The molecule has 1 aromatic carbocycles. The molecule has 1 aliphatic heterocycles. The van der Waals surface area contributed by atoms with Gasteiger partial charge in [0, 0.05) is 18.5 Å². The molecule has 0 saturated carbocycles. The Hall–Kier alpha value is -2.68. The molecule has 1 amide bonds. The van der Waals surface area contributed by atoms with Gasteiger partial charge in [-0.2, -0.15) is 0 Å². The molecule has 0 atom stereocenters. The van der Waals surface area contributed by atoms with Crippen LogP contribution in [0.2, 0.25) is 0 Å². The highest BCUT2D eigenvalue weighted by Gasteiger charge is 2.20. The molecular formula is C17H19NO5. The fourth-order valence-corrected chi connectivity index (χ4v) is 2.36. The monoisotopic (exact) mass is 317 g/mol. The maximum absolute atomic E-state index is 11.8. The number of ether oxygens (including phenoxy) is 3. The molecule has 0 aromatic heterocycles. The molecule has 0 bridgehead atoms. The zero-order valence-corrected chi connectivity index (χ0v) is 13.5. The Morgan fingerprint density at radius 3 is 2.78 bits per heavy atom. The zero-order chi connectivity index (χ0) is 16.8. The lowest BCUT2D eigenvalue weighted by Crippen LogP contribution is -2.24. The largest absolute Gasteiger partial charge is 0.496 e. The summed E-state index contributed by atoms with van der Waals surface area (Å²) in [5, 5.41) is 0. The Kier molecular flexibility index (Phi) is 5.47. The first-order valence-electron chi connectivity index (χ1n) is 7.24. The number of cyclic esters (lactones) is 1. The smallest absolute Gasteiger partial charge is 0.409 e. The van der Waals surface area contributed by atoms with E-state index in [2.05, 4.69) is 11.8 Å². The second kappa shape index (κ2) is 7.54. The Morgan fingerprint density at radius 1 is 1.39 bits per heavy atom. The highest BCUT2D eigenvalue weighted by atomic mass is 16.6. The molecule has 1 aliphatic rings. The van der Waals surface area contributed by atoms with E-state index in [-0.39, 0.29) is 6.09 Å². The summed E-state index contributed by atoms with van der Waals surface area (Å²) in [7, 11) is 2.83. The van der Waals surface area contributed by atoms with Gasteiger partial charge in [-0.1, -0.05) is 11.8 Å².